The number of benzene rings is 2. The molecular formula is C18H19NO. The van der Waals surface area contributed by atoms with Crippen LogP contribution in [0, 0.1) is 6.92 Å². The van der Waals surface area contributed by atoms with Gasteiger partial charge in [0.05, 0.1) is 5.92 Å². The van der Waals surface area contributed by atoms with Crippen LogP contribution >= 0.6 is 0 Å². The summed E-state index contributed by atoms with van der Waals surface area (Å²) in [4.78, 5) is 14.5. The number of hydrogen-bond donors (Lipinski definition) is 0. The van der Waals surface area contributed by atoms with Gasteiger partial charge in [0, 0.05) is 13.1 Å². The molecule has 0 saturated carbocycles. The lowest BCUT2D eigenvalue weighted by Crippen LogP contribution is -2.26. The van der Waals surface area contributed by atoms with Crippen LogP contribution < -0.4 is 0 Å². The van der Waals surface area contributed by atoms with Gasteiger partial charge in [-0.1, -0.05) is 60.2 Å². The number of hydrogen-bond acceptors (Lipinski definition) is 1. The number of likely N-dealkylation sites (tertiary alicyclic amines) is 1. The van der Waals surface area contributed by atoms with E-state index >= 15 is 0 Å². The van der Waals surface area contributed by atoms with Crippen LogP contribution in [0.2, 0.25) is 0 Å². The van der Waals surface area contributed by atoms with E-state index < -0.39 is 0 Å². The van der Waals surface area contributed by atoms with Gasteiger partial charge < -0.3 is 4.90 Å². The molecule has 0 spiro atoms. The molecule has 20 heavy (non-hydrogen) atoms. The minimum absolute atomic E-state index is 0.0410. The van der Waals surface area contributed by atoms with Crippen molar-refractivity contribution in [3.05, 3.63) is 71.3 Å². The van der Waals surface area contributed by atoms with Crippen molar-refractivity contribution < 1.29 is 4.79 Å². The summed E-state index contributed by atoms with van der Waals surface area (Å²) in [6, 6.07) is 18.5. The van der Waals surface area contributed by atoms with Gasteiger partial charge in [-0.15, -0.1) is 0 Å². The monoisotopic (exact) mass is 265 g/mol. The molecule has 0 bridgehead atoms. The van der Waals surface area contributed by atoms with E-state index in [1.165, 1.54) is 11.1 Å². The van der Waals surface area contributed by atoms with E-state index in [2.05, 4.69) is 43.3 Å². The molecule has 1 unspecified atom stereocenters. The minimum Gasteiger partial charge on any atom is -0.338 e. The quantitative estimate of drug-likeness (QED) is 0.831. The first-order chi connectivity index (χ1) is 9.74. The summed E-state index contributed by atoms with van der Waals surface area (Å²) in [6.45, 7) is 3.65. The summed E-state index contributed by atoms with van der Waals surface area (Å²) in [5, 5.41) is 0. The zero-order chi connectivity index (χ0) is 13.9. The van der Waals surface area contributed by atoms with E-state index in [1.807, 2.05) is 23.1 Å². The number of carbonyl (C=O) groups excluding carboxylic acids is 1. The zero-order valence-corrected chi connectivity index (χ0v) is 11.8. The summed E-state index contributed by atoms with van der Waals surface area (Å²) < 4.78 is 0. The van der Waals surface area contributed by atoms with E-state index in [4.69, 9.17) is 0 Å². The van der Waals surface area contributed by atoms with E-state index in [1.54, 1.807) is 0 Å². The molecule has 2 nitrogen and oxygen atoms in total. The largest absolute Gasteiger partial charge is 0.338 e. The average molecular weight is 265 g/mol. The first-order valence-corrected chi connectivity index (χ1v) is 7.13. The summed E-state index contributed by atoms with van der Waals surface area (Å²) in [5.74, 6) is 0.303. The number of rotatable bonds is 3. The predicted octanol–water partition coefficient (Wildman–Crippen LogP) is 3.51. The van der Waals surface area contributed by atoms with Crippen LogP contribution in [-0.2, 0) is 11.3 Å². The Morgan fingerprint density at radius 2 is 1.75 bits per heavy atom. The van der Waals surface area contributed by atoms with E-state index in [0.29, 0.717) is 0 Å². The smallest absolute Gasteiger partial charge is 0.230 e. The molecule has 2 aromatic rings. The maximum absolute atomic E-state index is 12.5. The number of nitrogens with zero attached hydrogens (tertiary/aromatic N) is 1. The highest BCUT2D eigenvalue weighted by Gasteiger charge is 2.32. The third kappa shape index (κ3) is 2.60. The summed E-state index contributed by atoms with van der Waals surface area (Å²) >= 11 is 0. The molecule has 1 atom stereocenters. The minimum atomic E-state index is 0.0410. The molecule has 0 radical (unpaired) electrons. The topological polar surface area (TPSA) is 20.3 Å². The molecule has 1 heterocycles. The van der Waals surface area contributed by atoms with Gasteiger partial charge in [0.25, 0.3) is 0 Å². The molecule has 0 N–H and O–H groups in total. The molecule has 0 aliphatic carbocycles. The van der Waals surface area contributed by atoms with Crippen molar-refractivity contribution in [2.45, 2.75) is 25.8 Å². The van der Waals surface area contributed by atoms with Crippen molar-refractivity contribution in [3.8, 4) is 0 Å². The Bertz CT molecular complexity index is 589. The fourth-order valence-corrected chi connectivity index (χ4v) is 2.81. The molecule has 0 aromatic heterocycles. The fraction of sp³-hybridized carbons (Fsp3) is 0.278. The van der Waals surface area contributed by atoms with Gasteiger partial charge in [-0.05, 0) is 24.5 Å². The third-order valence-electron chi connectivity index (χ3n) is 3.99. The Morgan fingerprint density at radius 3 is 2.45 bits per heavy atom. The maximum atomic E-state index is 12.5. The Kier molecular flexibility index (Phi) is 3.55. The van der Waals surface area contributed by atoms with Crippen molar-refractivity contribution in [2.24, 2.45) is 0 Å². The molecule has 1 aliphatic heterocycles. The fourth-order valence-electron chi connectivity index (χ4n) is 2.81. The third-order valence-corrected chi connectivity index (χ3v) is 3.99. The first-order valence-electron chi connectivity index (χ1n) is 7.13. The number of amides is 1. The van der Waals surface area contributed by atoms with Crippen LogP contribution in [0.5, 0.6) is 0 Å². The van der Waals surface area contributed by atoms with Crippen molar-refractivity contribution in [2.75, 3.05) is 6.54 Å². The van der Waals surface area contributed by atoms with Crippen LogP contribution in [0.3, 0.4) is 0 Å². The number of aryl methyl sites for hydroxylation is 1. The van der Waals surface area contributed by atoms with Crippen molar-refractivity contribution in [1.29, 1.82) is 0 Å². The van der Waals surface area contributed by atoms with Crippen molar-refractivity contribution >= 4 is 5.91 Å². The predicted molar refractivity (Wildman–Crippen MR) is 80.4 cm³/mol. The Labute approximate surface area is 120 Å². The highest BCUT2D eigenvalue weighted by Crippen LogP contribution is 2.29. The molecule has 1 saturated heterocycles. The van der Waals surface area contributed by atoms with Crippen LogP contribution in [-0.4, -0.2) is 17.4 Å². The Morgan fingerprint density at radius 1 is 1.05 bits per heavy atom. The standard InChI is InChI=1S/C18H19NO/c1-14-7-9-16(10-8-14)17-11-12-19(18(17)20)13-15-5-3-2-4-6-15/h2-10,17H,11-13H2,1H3. The van der Waals surface area contributed by atoms with Crippen LogP contribution in [0.1, 0.15) is 29.0 Å². The van der Waals surface area contributed by atoms with Gasteiger partial charge in [-0.2, -0.15) is 0 Å². The highest BCUT2D eigenvalue weighted by atomic mass is 16.2. The van der Waals surface area contributed by atoms with Crippen LogP contribution in [0.15, 0.2) is 54.6 Å². The van der Waals surface area contributed by atoms with Crippen LogP contribution in [0.25, 0.3) is 0 Å². The number of carbonyl (C=O) groups is 1. The molecule has 1 amide bonds. The molecule has 2 aromatic carbocycles. The normalized spacial score (nSPS) is 18.6. The maximum Gasteiger partial charge on any atom is 0.230 e. The summed E-state index contributed by atoms with van der Waals surface area (Å²) in [7, 11) is 0. The molecule has 1 fully saturated rings. The van der Waals surface area contributed by atoms with E-state index in [0.717, 1.165) is 25.1 Å². The van der Waals surface area contributed by atoms with Gasteiger partial charge in [-0.3, -0.25) is 4.79 Å². The molecule has 3 rings (SSSR count). The van der Waals surface area contributed by atoms with Crippen molar-refractivity contribution in [3.63, 3.8) is 0 Å². The Balaban J connectivity index is 1.72. The van der Waals surface area contributed by atoms with Crippen LogP contribution in [0.4, 0.5) is 0 Å². The molecule has 1 aliphatic rings. The molecule has 102 valence electrons. The highest BCUT2D eigenvalue weighted by molar-refractivity contribution is 5.85. The second kappa shape index (κ2) is 5.49. The summed E-state index contributed by atoms with van der Waals surface area (Å²) in [5.41, 5.74) is 3.59. The van der Waals surface area contributed by atoms with Gasteiger partial charge >= 0.3 is 0 Å². The van der Waals surface area contributed by atoms with Gasteiger partial charge in [0.2, 0.25) is 5.91 Å². The van der Waals surface area contributed by atoms with E-state index in [9.17, 15) is 4.79 Å². The average Bonchev–Trinajstić information content (AvgIpc) is 2.83. The van der Waals surface area contributed by atoms with Gasteiger partial charge in [0.15, 0.2) is 0 Å². The lowest BCUT2D eigenvalue weighted by Gasteiger charge is -2.17. The second-order valence-electron chi connectivity index (χ2n) is 5.50. The Hall–Kier alpha value is -2.09. The zero-order valence-electron chi connectivity index (χ0n) is 11.8. The second-order valence-corrected chi connectivity index (χ2v) is 5.50. The van der Waals surface area contributed by atoms with E-state index in [-0.39, 0.29) is 11.8 Å². The first kappa shape index (κ1) is 12.9. The molecular weight excluding hydrogens is 246 g/mol. The lowest BCUT2D eigenvalue weighted by atomic mass is 9.97. The van der Waals surface area contributed by atoms with Gasteiger partial charge in [0.1, 0.15) is 0 Å². The SMILES string of the molecule is Cc1ccc(C2CCN(Cc3ccccc3)C2=O)cc1. The van der Waals surface area contributed by atoms with Crippen molar-refractivity contribution in [1.82, 2.24) is 4.90 Å². The van der Waals surface area contributed by atoms with Gasteiger partial charge in [-0.25, -0.2) is 0 Å². The molecule has 2 heteroatoms. The summed E-state index contributed by atoms with van der Waals surface area (Å²) in [6.07, 6.45) is 0.925. The lowest BCUT2D eigenvalue weighted by molar-refractivity contribution is -0.129.